The molecule has 1 amide bonds. The van der Waals surface area contributed by atoms with Crippen molar-refractivity contribution in [3.05, 3.63) is 64.5 Å². The molecule has 0 atom stereocenters. The van der Waals surface area contributed by atoms with Gasteiger partial charge in [0.25, 0.3) is 11.5 Å². The Hall–Kier alpha value is -3.42. The lowest BCUT2D eigenvalue weighted by molar-refractivity contribution is -0.124. The molecule has 2 aromatic heterocycles. The van der Waals surface area contributed by atoms with Crippen molar-refractivity contribution in [2.45, 2.75) is 20.0 Å². The number of benzene rings is 1. The van der Waals surface area contributed by atoms with Crippen LogP contribution >= 0.6 is 0 Å². The largest absolute Gasteiger partial charge is 0.467 e. The van der Waals surface area contributed by atoms with Crippen LogP contribution in [0.3, 0.4) is 0 Å². The van der Waals surface area contributed by atoms with Crippen LogP contribution in [0.4, 0.5) is 0 Å². The lowest BCUT2D eigenvalue weighted by atomic mass is 10.1. The zero-order chi connectivity index (χ0) is 18.5. The van der Waals surface area contributed by atoms with E-state index in [1.165, 1.54) is 10.9 Å². The molecule has 0 unspecified atom stereocenters. The third kappa shape index (κ3) is 3.64. The molecule has 3 aromatic rings. The topological polar surface area (TPSA) is 103 Å². The Labute approximate surface area is 148 Å². The van der Waals surface area contributed by atoms with Crippen molar-refractivity contribution >= 4 is 22.6 Å². The summed E-state index contributed by atoms with van der Waals surface area (Å²) in [5, 5.41) is 7.41. The second-order valence-electron chi connectivity index (χ2n) is 5.45. The number of ether oxygens (including phenoxy) is 1. The van der Waals surface area contributed by atoms with Crippen LogP contribution in [0.2, 0.25) is 0 Å². The van der Waals surface area contributed by atoms with E-state index in [9.17, 15) is 14.4 Å². The number of hydrogen-bond donors (Lipinski definition) is 1. The van der Waals surface area contributed by atoms with Crippen LogP contribution in [0.5, 0.6) is 0 Å². The lowest BCUT2D eigenvalue weighted by Gasteiger charge is -2.09. The van der Waals surface area contributed by atoms with Crippen LogP contribution in [-0.4, -0.2) is 28.3 Å². The fraction of sp³-hybridized carbons (Fsp3) is 0.222. The van der Waals surface area contributed by atoms with E-state index in [0.717, 1.165) is 0 Å². The summed E-state index contributed by atoms with van der Waals surface area (Å²) >= 11 is 0. The average Bonchev–Trinajstić information content (AvgIpc) is 3.18. The number of amides is 1. The Bertz CT molecular complexity index is 992. The van der Waals surface area contributed by atoms with Gasteiger partial charge in [0.05, 0.1) is 18.2 Å². The van der Waals surface area contributed by atoms with Crippen molar-refractivity contribution in [2.24, 2.45) is 0 Å². The van der Waals surface area contributed by atoms with Crippen LogP contribution < -0.4 is 10.9 Å². The van der Waals surface area contributed by atoms with Gasteiger partial charge in [0.15, 0.2) is 12.3 Å². The molecule has 0 radical (unpaired) electrons. The number of hydrogen-bond acceptors (Lipinski definition) is 6. The Morgan fingerprint density at radius 2 is 1.96 bits per heavy atom. The summed E-state index contributed by atoms with van der Waals surface area (Å²) in [7, 11) is 0. The van der Waals surface area contributed by atoms with Gasteiger partial charge in [-0.2, -0.15) is 5.10 Å². The molecule has 0 spiro atoms. The molecule has 134 valence electrons. The molecule has 0 aliphatic carbocycles. The molecule has 0 fully saturated rings. The highest BCUT2D eigenvalue weighted by Crippen LogP contribution is 2.14. The van der Waals surface area contributed by atoms with E-state index in [1.54, 1.807) is 43.3 Å². The second-order valence-corrected chi connectivity index (χ2v) is 5.45. The lowest BCUT2D eigenvalue weighted by Crippen LogP contribution is -2.30. The van der Waals surface area contributed by atoms with Crippen molar-refractivity contribution in [1.82, 2.24) is 15.1 Å². The number of aromatic nitrogens is 2. The van der Waals surface area contributed by atoms with Gasteiger partial charge < -0.3 is 14.5 Å². The summed E-state index contributed by atoms with van der Waals surface area (Å²) in [5.74, 6) is -0.647. The number of rotatable bonds is 6. The summed E-state index contributed by atoms with van der Waals surface area (Å²) in [6.45, 7) is 1.81. The van der Waals surface area contributed by atoms with Gasteiger partial charge in [-0.25, -0.2) is 9.48 Å². The van der Waals surface area contributed by atoms with E-state index in [2.05, 4.69) is 10.4 Å². The predicted octanol–water partition coefficient (Wildman–Crippen LogP) is 1.48. The average molecular weight is 355 g/mol. The molecule has 0 bridgehead atoms. The Morgan fingerprint density at radius 3 is 2.65 bits per heavy atom. The molecule has 1 aromatic carbocycles. The smallest absolute Gasteiger partial charge is 0.359 e. The molecular weight excluding hydrogens is 338 g/mol. The number of nitrogens with zero attached hydrogens (tertiary/aromatic N) is 2. The van der Waals surface area contributed by atoms with Crippen LogP contribution in [0, 0.1) is 0 Å². The molecule has 3 rings (SSSR count). The van der Waals surface area contributed by atoms with Crippen LogP contribution in [0.15, 0.2) is 51.9 Å². The molecule has 0 aliphatic rings. The third-order valence-electron chi connectivity index (χ3n) is 3.73. The zero-order valence-electron chi connectivity index (χ0n) is 14.1. The highest BCUT2D eigenvalue weighted by molar-refractivity contribution is 6.02. The van der Waals surface area contributed by atoms with Crippen LogP contribution in [0.1, 0.15) is 23.2 Å². The number of furan rings is 1. The summed E-state index contributed by atoms with van der Waals surface area (Å²) in [5.41, 5.74) is -0.281. The molecule has 1 N–H and O–H groups in total. The number of esters is 1. The van der Waals surface area contributed by atoms with Gasteiger partial charge in [-0.15, -0.1) is 0 Å². The number of fused-ring (bicyclic) bond motifs is 1. The van der Waals surface area contributed by atoms with Crippen molar-refractivity contribution in [1.29, 1.82) is 0 Å². The number of carbonyl (C=O) groups excluding carboxylic acids is 2. The standard InChI is InChI=1S/C18H17N3O5/c1-2-21-17(23)14-8-4-3-7-13(14)16(20-21)18(24)26-11-15(22)19-10-12-6-5-9-25-12/h3-9H,2,10-11H2,1H3,(H,19,22). The molecular formula is C18H17N3O5. The van der Waals surface area contributed by atoms with Crippen molar-refractivity contribution in [3.8, 4) is 0 Å². The highest BCUT2D eigenvalue weighted by Gasteiger charge is 2.18. The molecule has 8 nitrogen and oxygen atoms in total. The van der Waals surface area contributed by atoms with E-state index < -0.39 is 18.5 Å². The highest BCUT2D eigenvalue weighted by atomic mass is 16.5. The maximum Gasteiger partial charge on any atom is 0.359 e. The molecule has 0 aliphatic heterocycles. The van der Waals surface area contributed by atoms with Gasteiger partial charge in [-0.05, 0) is 25.1 Å². The SMILES string of the molecule is CCn1nc(C(=O)OCC(=O)NCc2ccco2)c2ccccc2c1=O. The van der Waals surface area contributed by atoms with E-state index in [-0.39, 0.29) is 17.8 Å². The molecule has 2 heterocycles. The van der Waals surface area contributed by atoms with Gasteiger partial charge in [0, 0.05) is 11.9 Å². The Kier molecular flexibility index (Phi) is 5.12. The van der Waals surface area contributed by atoms with Crippen molar-refractivity contribution in [2.75, 3.05) is 6.61 Å². The van der Waals surface area contributed by atoms with Gasteiger partial charge >= 0.3 is 5.97 Å². The van der Waals surface area contributed by atoms with E-state index in [0.29, 0.717) is 23.1 Å². The zero-order valence-corrected chi connectivity index (χ0v) is 14.1. The van der Waals surface area contributed by atoms with E-state index in [1.807, 2.05) is 0 Å². The normalized spacial score (nSPS) is 10.7. The number of nitrogens with one attached hydrogen (secondary N) is 1. The molecule has 26 heavy (non-hydrogen) atoms. The fourth-order valence-electron chi connectivity index (χ4n) is 2.45. The first-order valence-electron chi connectivity index (χ1n) is 8.06. The molecule has 0 saturated heterocycles. The van der Waals surface area contributed by atoms with E-state index >= 15 is 0 Å². The van der Waals surface area contributed by atoms with Crippen molar-refractivity contribution in [3.63, 3.8) is 0 Å². The first-order valence-corrected chi connectivity index (χ1v) is 8.06. The minimum atomic E-state index is -0.767. The van der Waals surface area contributed by atoms with Gasteiger partial charge in [0.2, 0.25) is 0 Å². The minimum absolute atomic E-state index is 0.000819. The third-order valence-corrected chi connectivity index (χ3v) is 3.73. The summed E-state index contributed by atoms with van der Waals surface area (Å²) in [4.78, 5) is 36.5. The predicted molar refractivity (Wildman–Crippen MR) is 92.5 cm³/mol. The Balaban J connectivity index is 1.72. The van der Waals surface area contributed by atoms with Gasteiger partial charge in [-0.1, -0.05) is 18.2 Å². The van der Waals surface area contributed by atoms with Crippen LogP contribution in [0.25, 0.3) is 10.8 Å². The van der Waals surface area contributed by atoms with Crippen molar-refractivity contribution < 1.29 is 18.7 Å². The van der Waals surface area contributed by atoms with E-state index in [4.69, 9.17) is 9.15 Å². The first kappa shape index (κ1) is 17.4. The molecule has 8 heteroatoms. The van der Waals surface area contributed by atoms with Gasteiger partial charge in [-0.3, -0.25) is 9.59 Å². The number of aryl methyl sites for hydroxylation is 1. The summed E-state index contributed by atoms with van der Waals surface area (Å²) in [6.07, 6.45) is 1.50. The molecule has 0 saturated carbocycles. The summed E-state index contributed by atoms with van der Waals surface area (Å²) in [6, 6.07) is 10.1. The fourth-order valence-corrected chi connectivity index (χ4v) is 2.45. The summed E-state index contributed by atoms with van der Waals surface area (Å²) < 4.78 is 11.3. The minimum Gasteiger partial charge on any atom is -0.467 e. The monoisotopic (exact) mass is 355 g/mol. The quantitative estimate of drug-likeness (QED) is 0.672. The number of carbonyl (C=O) groups is 2. The van der Waals surface area contributed by atoms with Crippen LogP contribution in [-0.2, 0) is 22.6 Å². The maximum atomic E-state index is 12.4. The first-order chi connectivity index (χ1) is 12.6. The Morgan fingerprint density at radius 1 is 1.19 bits per heavy atom. The van der Waals surface area contributed by atoms with Gasteiger partial charge in [0.1, 0.15) is 5.76 Å². The maximum absolute atomic E-state index is 12.4. The second kappa shape index (κ2) is 7.64.